The Labute approximate surface area is 118 Å². The van der Waals surface area contributed by atoms with E-state index in [-0.39, 0.29) is 6.03 Å². The number of hydrogen-bond donors (Lipinski definition) is 1. The van der Waals surface area contributed by atoms with Crippen LogP contribution < -0.4 is 5.32 Å². The zero-order valence-corrected chi connectivity index (χ0v) is 12.2. The number of carbonyl (C=O) groups excluding carboxylic acids is 1. The number of nitrogens with one attached hydrogen (secondary N) is 1. The molecule has 2 aromatic rings. The fraction of sp³-hybridized carbons (Fsp3) is 0.333. The predicted octanol–water partition coefficient (Wildman–Crippen LogP) is 3.26. The Morgan fingerprint density at radius 1 is 1.35 bits per heavy atom. The van der Waals surface area contributed by atoms with Gasteiger partial charge >= 0.3 is 6.03 Å². The third kappa shape index (κ3) is 3.17. The zero-order valence-electron chi connectivity index (χ0n) is 12.2. The van der Waals surface area contributed by atoms with Gasteiger partial charge in [0, 0.05) is 18.8 Å². The lowest BCUT2D eigenvalue weighted by atomic mass is 10.1. The number of rotatable bonds is 3. The van der Waals surface area contributed by atoms with E-state index < -0.39 is 0 Å². The van der Waals surface area contributed by atoms with Gasteiger partial charge in [-0.3, -0.25) is 0 Å². The summed E-state index contributed by atoms with van der Waals surface area (Å²) in [5.41, 5.74) is 3.79. The van der Waals surface area contributed by atoms with Gasteiger partial charge in [-0.15, -0.1) is 0 Å². The summed E-state index contributed by atoms with van der Waals surface area (Å²) in [7, 11) is 1.73. The number of carbonyl (C=O) groups is 1. The first kappa shape index (κ1) is 14.1. The molecule has 106 valence electrons. The van der Waals surface area contributed by atoms with Crippen molar-refractivity contribution in [2.75, 3.05) is 12.4 Å². The normalized spacial score (nSPS) is 10.4. The van der Waals surface area contributed by atoms with Crippen molar-refractivity contribution in [2.24, 2.45) is 0 Å². The van der Waals surface area contributed by atoms with Crippen LogP contribution in [-0.4, -0.2) is 23.1 Å². The van der Waals surface area contributed by atoms with Crippen LogP contribution in [0.5, 0.6) is 0 Å². The third-order valence-corrected chi connectivity index (χ3v) is 3.27. The topological polar surface area (TPSA) is 58.4 Å². The summed E-state index contributed by atoms with van der Waals surface area (Å²) < 4.78 is 4.99. The molecule has 2 amide bonds. The molecule has 0 aliphatic carbocycles. The highest BCUT2D eigenvalue weighted by Crippen LogP contribution is 2.18. The minimum Gasteiger partial charge on any atom is -0.361 e. The van der Waals surface area contributed by atoms with Gasteiger partial charge in [-0.1, -0.05) is 17.3 Å². The molecule has 5 nitrogen and oxygen atoms in total. The number of aryl methyl sites for hydroxylation is 2. The van der Waals surface area contributed by atoms with Crippen molar-refractivity contribution in [3.05, 3.63) is 46.8 Å². The van der Waals surface area contributed by atoms with Gasteiger partial charge in [0.25, 0.3) is 0 Å². The van der Waals surface area contributed by atoms with E-state index in [9.17, 15) is 4.79 Å². The quantitative estimate of drug-likeness (QED) is 0.933. The Hall–Kier alpha value is -2.30. The summed E-state index contributed by atoms with van der Waals surface area (Å²) in [4.78, 5) is 13.7. The molecule has 0 spiro atoms. The Kier molecular flexibility index (Phi) is 4.08. The SMILES string of the molecule is Cc1cc(CN(C)C(=O)Nc2cccc(C)c2C)no1. The van der Waals surface area contributed by atoms with Crippen LogP contribution in [0.1, 0.15) is 22.6 Å². The minimum atomic E-state index is -0.167. The average molecular weight is 273 g/mol. The van der Waals surface area contributed by atoms with Crippen LogP contribution in [0.25, 0.3) is 0 Å². The first-order chi connectivity index (χ1) is 9.47. The molecule has 0 aliphatic heterocycles. The van der Waals surface area contributed by atoms with Gasteiger partial charge in [0.2, 0.25) is 0 Å². The second kappa shape index (κ2) is 5.77. The highest BCUT2D eigenvalue weighted by Gasteiger charge is 2.13. The summed E-state index contributed by atoms with van der Waals surface area (Å²) in [5.74, 6) is 0.739. The Balaban J connectivity index is 2.02. The van der Waals surface area contributed by atoms with Crippen LogP contribution in [0.4, 0.5) is 10.5 Å². The van der Waals surface area contributed by atoms with Crippen molar-refractivity contribution >= 4 is 11.7 Å². The summed E-state index contributed by atoms with van der Waals surface area (Å²) in [6, 6.07) is 7.50. The second-order valence-electron chi connectivity index (χ2n) is 4.96. The zero-order chi connectivity index (χ0) is 14.7. The second-order valence-corrected chi connectivity index (χ2v) is 4.96. The van der Waals surface area contributed by atoms with E-state index in [4.69, 9.17) is 4.52 Å². The van der Waals surface area contributed by atoms with Crippen LogP contribution in [0, 0.1) is 20.8 Å². The van der Waals surface area contributed by atoms with Crippen molar-refractivity contribution < 1.29 is 9.32 Å². The van der Waals surface area contributed by atoms with E-state index in [1.54, 1.807) is 11.9 Å². The molecule has 0 unspecified atom stereocenters. The Morgan fingerprint density at radius 2 is 2.10 bits per heavy atom. The monoisotopic (exact) mass is 273 g/mol. The van der Waals surface area contributed by atoms with Gasteiger partial charge in [-0.25, -0.2) is 4.79 Å². The van der Waals surface area contributed by atoms with Crippen molar-refractivity contribution in [3.8, 4) is 0 Å². The maximum atomic E-state index is 12.1. The lowest BCUT2D eigenvalue weighted by Gasteiger charge is -2.18. The summed E-state index contributed by atoms with van der Waals surface area (Å²) >= 11 is 0. The predicted molar refractivity (Wildman–Crippen MR) is 77.6 cm³/mol. The van der Waals surface area contributed by atoms with Crippen molar-refractivity contribution in [2.45, 2.75) is 27.3 Å². The Bertz CT molecular complexity index is 619. The molecule has 1 aromatic heterocycles. The van der Waals surface area contributed by atoms with Gasteiger partial charge in [0.05, 0.1) is 6.54 Å². The fourth-order valence-corrected chi connectivity index (χ4v) is 1.90. The summed E-state index contributed by atoms with van der Waals surface area (Å²) in [6.45, 7) is 6.25. The van der Waals surface area contributed by atoms with E-state index in [2.05, 4.69) is 10.5 Å². The number of amides is 2. The molecule has 5 heteroatoms. The molecule has 0 atom stereocenters. The van der Waals surface area contributed by atoms with Crippen LogP contribution in [0.3, 0.4) is 0 Å². The van der Waals surface area contributed by atoms with Crippen LogP contribution in [0.2, 0.25) is 0 Å². The average Bonchev–Trinajstić information content (AvgIpc) is 2.80. The molecule has 20 heavy (non-hydrogen) atoms. The molecular weight excluding hydrogens is 254 g/mol. The maximum absolute atomic E-state index is 12.1. The summed E-state index contributed by atoms with van der Waals surface area (Å²) in [5, 5.41) is 6.79. The third-order valence-electron chi connectivity index (χ3n) is 3.27. The number of nitrogens with zero attached hydrogens (tertiary/aromatic N) is 2. The first-order valence-corrected chi connectivity index (χ1v) is 6.48. The van der Waals surface area contributed by atoms with E-state index in [0.717, 1.165) is 28.3 Å². The fourth-order valence-electron chi connectivity index (χ4n) is 1.90. The molecule has 0 bridgehead atoms. The molecule has 1 N–H and O–H groups in total. The number of aromatic nitrogens is 1. The molecule has 1 heterocycles. The lowest BCUT2D eigenvalue weighted by Crippen LogP contribution is -2.31. The van der Waals surface area contributed by atoms with Crippen molar-refractivity contribution in [3.63, 3.8) is 0 Å². The van der Waals surface area contributed by atoms with Crippen LogP contribution in [-0.2, 0) is 6.54 Å². The molecule has 0 radical (unpaired) electrons. The largest absolute Gasteiger partial charge is 0.361 e. The van der Waals surface area contributed by atoms with Gasteiger partial charge in [0.1, 0.15) is 11.5 Å². The van der Waals surface area contributed by atoms with Crippen molar-refractivity contribution in [1.29, 1.82) is 0 Å². The van der Waals surface area contributed by atoms with E-state index in [1.807, 2.05) is 45.0 Å². The van der Waals surface area contributed by atoms with E-state index >= 15 is 0 Å². The van der Waals surface area contributed by atoms with E-state index in [0.29, 0.717) is 6.54 Å². The summed E-state index contributed by atoms with van der Waals surface area (Å²) in [6.07, 6.45) is 0. The van der Waals surface area contributed by atoms with Crippen molar-refractivity contribution in [1.82, 2.24) is 10.1 Å². The number of anilines is 1. The first-order valence-electron chi connectivity index (χ1n) is 6.48. The minimum absolute atomic E-state index is 0.167. The molecule has 0 saturated heterocycles. The molecular formula is C15H19N3O2. The van der Waals surface area contributed by atoms with Gasteiger partial charge < -0.3 is 14.7 Å². The smallest absolute Gasteiger partial charge is 0.321 e. The van der Waals surface area contributed by atoms with Gasteiger partial charge in [-0.2, -0.15) is 0 Å². The van der Waals surface area contributed by atoms with Crippen LogP contribution in [0.15, 0.2) is 28.8 Å². The number of hydrogen-bond acceptors (Lipinski definition) is 3. The molecule has 2 rings (SSSR count). The van der Waals surface area contributed by atoms with Gasteiger partial charge in [-0.05, 0) is 38.0 Å². The molecule has 0 aliphatic rings. The van der Waals surface area contributed by atoms with Crippen LogP contribution >= 0.6 is 0 Å². The standard InChI is InChI=1S/C15H19N3O2/c1-10-6-5-7-14(12(10)3)16-15(19)18(4)9-13-8-11(2)20-17-13/h5-8H,9H2,1-4H3,(H,16,19). The molecule has 0 saturated carbocycles. The number of benzene rings is 1. The highest BCUT2D eigenvalue weighted by atomic mass is 16.5. The Morgan fingerprint density at radius 3 is 2.75 bits per heavy atom. The molecule has 1 aromatic carbocycles. The van der Waals surface area contributed by atoms with Gasteiger partial charge in [0.15, 0.2) is 0 Å². The lowest BCUT2D eigenvalue weighted by molar-refractivity contribution is 0.219. The molecule has 0 fully saturated rings. The van der Waals surface area contributed by atoms with E-state index in [1.165, 1.54) is 0 Å². The number of urea groups is 1. The highest BCUT2D eigenvalue weighted by molar-refractivity contribution is 5.90. The maximum Gasteiger partial charge on any atom is 0.321 e.